The standard InChI is InChI=1S/C18H22N8/c1-13(23-25-17(19)15-7-3-5-11-21-15)9-10-14(2)24-26-18(20)16-8-4-6-12-22-16/h3-8,11-12H,9-10H2,1-2H3,(H2,19,25)(H2,20,26)/b23-13+,24-14+. The molecule has 0 aliphatic heterocycles. The van der Waals surface area contributed by atoms with Crippen LogP contribution in [0.4, 0.5) is 0 Å². The molecule has 0 aliphatic rings. The van der Waals surface area contributed by atoms with Gasteiger partial charge in [0.25, 0.3) is 0 Å². The predicted octanol–water partition coefficient (Wildman–Crippen LogP) is 2.12. The summed E-state index contributed by atoms with van der Waals surface area (Å²) in [6.07, 6.45) is 4.69. The van der Waals surface area contributed by atoms with E-state index in [-0.39, 0.29) is 11.7 Å². The number of rotatable bonds is 7. The molecule has 0 unspecified atom stereocenters. The Labute approximate surface area is 152 Å². The summed E-state index contributed by atoms with van der Waals surface area (Å²) in [6.45, 7) is 3.77. The lowest BCUT2D eigenvalue weighted by Crippen LogP contribution is -2.14. The molecular formula is C18H22N8. The molecule has 2 aromatic rings. The molecule has 0 aromatic carbocycles. The van der Waals surface area contributed by atoms with E-state index in [2.05, 4.69) is 30.4 Å². The molecule has 0 atom stereocenters. The second-order valence-electron chi connectivity index (χ2n) is 5.57. The van der Waals surface area contributed by atoms with Gasteiger partial charge in [0.2, 0.25) is 0 Å². The van der Waals surface area contributed by atoms with Gasteiger partial charge in [0.1, 0.15) is 11.4 Å². The normalized spacial score (nSPS) is 13.8. The van der Waals surface area contributed by atoms with Crippen molar-refractivity contribution in [3.8, 4) is 0 Å². The van der Waals surface area contributed by atoms with Gasteiger partial charge in [-0.3, -0.25) is 9.97 Å². The number of pyridine rings is 2. The Bertz CT molecular complexity index is 751. The van der Waals surface area contributed by atoms with E-state index < -0.39 is 0 Å². The average Bonchev–Trinajstić information content (AvgIpc) is 2.69. The lowest BCUT2D eigenvalue weighted by Gasteiger charge is -2.00. The molecule has 26 heavy (non-hydrogen) atoms. The van der Waals surface area contributed by atoms with Crippen LogP contribution in [0.25, 0.3) is 0 Å². The Morgan fingerprint density at radius 2 is 1.15 bits per heavy atom. The molecule has 2 aromatic heterocycles. The number of hydrogen-bond donors (Lipinski definition) is 2. The minimum absolute atomic E-state index is 0.281. The second-order valence-corrected chi connectivity index (χ2v) is 5.57. The molecule has 0 saturated heterocycles. The first-order chi connectivity index (χ1) is 12.6. The SMILES string of the molecule is C/C(CC/C(C)=N/N=C(\N)c1ccccn1)=N\N=C(/N)c1ccccn1. The predicted molar refractivity (Wildman–Crippen MR) is 105 cm³/mol. The molecule has 0 spiro atoms. The van der Waals surface area contributed by atoms with E-state index in [9.17, 15) is 0 Å². The minimum Gasteiger partial charge on any atom is -0.380 e. The van der Waals surface area contributed by atoms with Crippen LogP contribution in [0.5, 0.6) is 0 Å². The Balaban J connectivity index is 1.90. The largest absolute Gasteiger partial charge is 0.380 e. The van der Waals surface area contributed by atoms with Crippen molar-refractivity contribution in [2.45, 2.75) is 26.7 Å². The van der Waals surface area contributed by atoms with Gasteiger partial charge in [-0.1, -0.05) is 12.1 Å². The molecule has 4 N–H and O–H groups in total. The monoisotopic (exact) mass is 350 g/mol. The zero-order chi connectivity index (χ0) is 18.8. The summed E-state index contributed by atoms with van der Waals surface area (Å²) >= 11 is 0. The maximum atomic E-state index is 5.85. The van der Waals surface area contributed by atoms with Crippen LogP contribution >= 0.6 is 0 Å². The molecule has 2 heterocycles. The van der Waals surface area contributed by atoms with E-state index in [1.165, 1.54) is 0 Å². The fourth-order valence-corrected chi connectivity index (χ4v) is 1.87. The molecule has 0 radical (unpaired) electrons. The molecule has 0 bridgehead atoms. The fraction of sp³-hybridized carbons (Fsp3) is 0.222. The number of nitrogens with zero attached hydrogens (tertiary/aromatic N) is 6. The number of amidine groups is 2. The molecule has 0 aliphatic carbocycles. The van der Waals surface area contributed by atoms with Crippen molar-refractivity contribution >= 4 is 23.1 Å². The summed E-state index contributed by atoms with van der Waals surface area (Å²) in [5.74, 6) is 0.561. The first-order valence-corrected chi connectivity index (χ1v) is 8.12. The van der Waals surface area contributed by atoms with Crippen LogP contribution in [0.15, 0.2) is 69.2 Å². The highest BCUT2D eigenvalue weighted by Gasteiger charge is 2.00. The van der Waals surface area contributed by atoms with Crippen LogP contribution in [0.2, 0.25) is 0 Å². The van der Waals surface area contributed by atoms with Gasteiger partial charge in [-0.2, -0.15) is 10.2 Å². The van der Waals surface area contributed by atoms with Gasteiger partial charge in [-0.25, -0.2) is 0 Å². The van der Waals surface area contributed by atoms with Gasteiger partial charge in [0.05, 0.1) is 0 Å². The van der Waals surface area contributed by atoms with Crippen molar-refractivity contribution in [3.63, 3.8) is 0 Å². The van der Waals surface area contributed by atoms with Gasteiger partial charge >= 0.3 is 0 Å². The maximum absolute atomic E-state index is 5.85. The molecule has 134 valence electrons. The summed E-state index contributed by atoms with van der Waals surface area (Å²) in [5.41, 5.74) is 14.6. The van der Waals surface area contributed by atoms with Crippen molar-refractivity contribution < 1.29 is 0 Å². The minimum atomic E-state index is 0.281. The smallest absolute Gasteiger partial charge is 0.171 e. The van der Waals surface area contributed by atoms with Crippen LogP contribution in [0.3, 0.4) is 0 Å². The van der Waals surface area contributed by atoms with Crippen LogP contribution < -0.4 is 11.5 Å². The molecule has 0 saturated carbocycles. The summed E-state index contributed by atoms with van der Waals surface area (Å²) in [4.78, 5) is 8.24. The van der Waals surface area contributed by atoms with Gasteiger partial charge in [0, 0.05) is 23.8 Å². The summed E-state index contributed by atoms with van der Waals surface area (Å²) < 4.78 is 0. The molecule has 8 nitrogen and oxygen atoms in total. The van der Waals surface area contributed by atoms with Gasteiger partial charge in [0.15, 0.2) is 11.7 Å². The van der Waals surface area contributed by atoms with Gasteiger partial charge < -0.3 is 11.5 Å². The average molecular weight is 350 g/mol. The Morgan fingerprint density at radius 1 is 0.731 bits per heavy atom. The molecule has 2 rings (SSSR count). The Morgan fingerprint density at radius 3 is 1.50 bits per heavy atom. The van der Waals surface area contributed by atoms with Crippen molar-refractivity contribution in [1.82, 2.24) is 9.97 Å². The van der Waals surface area contributed by atoms with Crippen molar-refractivity contribution in [2.75, 3.05) is 0 Å². The number of nitrogens with two attached hydrogens (primary N) is 2. The second kappa shape index (κ2) is 9.77. The van der Waals surface area contributed by atoms with Crippen molar-refractivity contribution in [3.05, 3.63) is 60.2 Å². The fourth-order valence-electron chi connectivity index (χ4n) is 1.87. The highest BCUT2D eigenvalue weighted by Crippen LogP contribution is 2.00. The third-order valence-electron chi connectivity index (χ3n) is 3.36. The highest BCUT2D eigenvalue weighted by atomic mass is 15.2. The van der Waals surface area contributed by atoms with Crippen molar-refractivity contribution in [1.29, 1.82) is 0 Å². The first-order valence-electron chi connectivity index (χ1n) is 8.12. The van der Waals surface area contributed by atoms with E-state index in [1.54, 1.807) is 24.5 Å². The van der Waals surface area contributed by atoms with Crippen LogP contribution in [0, 0.1) is 0 Å². The quantitative estimate of drug-likeness (QED) is 0.450. The lowest BCUT2D eigenvalue weighted by molar-refractivity contribution is 1.06. The van der Waals surface area contributed by atoms with E-state index in [4.69, 9.17) is 11.5 Å². The van der Waals surface area contributed by atoms with Crippen molar-refractivity contribution in [2.24, 2.45) is 31.9 Å². The maximum Gasteiger partial charge on any atom is 0.171 e. The number of hydrogen-bond acceptors (Lipinski definition) is 6. The zero-order valence-corrected chi connectivity index (χ0v) is 14.9. The van der Waals surface area contributed by atoms with Crippen LogP contribution in [0.1, 0.15) is 38.1 Å². The van der Waals surface area contributed by atoms with Crippen LogP contribution in [-0.2, 0) is 0 Å². The Kier molecular flexibility index (Phi) is 7.11. The molecule has 8 heteroatoms. The van der Waals surface area contributed by atoms with Gasteiger partial charge in [-0.15, -0.1) is 10.2 Å². The highest BCUT2D eigenvalue weighted by molar-refractivity contribution is 5.97. The third kappa shape index (κ3) is 6.23. The Hall–Kier alpha value is -3.42. The van der Waals surface area contributed by atoms with E-state index in [1.807, 2.05) is 38.1 Å². The zero-order valence-electron chi connectivity index (χ0n) is 14.9. The molecular weight excluding hydrogens is 328 g/mol. The summed E-state index contributed by atoms with van der Waals surface area (Å²) in [5, 5.41) is 16.3. The first kappa shape index (κ1) is 18.9. The molecule has 0 fully saturated rings. The topological polar surface area (TPSA) is 127 Å². The third-order valence-corrected chi connectivity index (χ3v) is 3.36. The van der Waals surface area contributed by atoms with E-state index in [0.29, 0.717) is 24.2 Å². The lowest BCUT2D eigenvalue weighted by atomic mass is 10.2. The van der Waals surface area contributed by atoms with E-state index >= 15 is 0 Å². The molecule has 0 amide bonds. The summed E-state index contributed by atoms with van der Waals surface area (Å²) in [6, 6.07) is 10.9. The van der Waals surface area contributed by atoms with E-state index in [0.717, 1.165) is 11.4 Å². The number of aromatic nitrogens is 2. The summed E-state index contributed by atoms with van der Waals surface area (Å²) in [7, 11) is 0. The van der Waals surface area contributed by atoms with Crippen LogP contribution in [-0.4, -0.2) is 33.1 Å². The van der Waals surface area contributed by atoms with Gasteiger partial charge in [-0.05, 0) is 51.0 Å².